The van der Waals surface area contributed by atoms with Crippen LogP contribution in [0.25, 0.3) is 0 Å². The van der Waals surface area contributed by atoms with Crippen molar-refractivity contribution in [2.75, 3.05) is 13.1 Å². The number of nitrogens with one attached hydrogen (secondary N) is 2. The van der Waals surface area contributed by atoms with Crippen LogP contribution in [0.5, 0.6) is 0 Å². The summed E-state index contributed by atoms with van der Waals surface area (Å²) in [5.41, 5.74) is 5.72. The van der Waals surface area contributed by atoms with Gasteiger partial charge in [0.25, 0.3) is 0 Å². The smallest absolute Gasteiger partial charge is 0.221 e. The summed E-state index contributed by atoms with van der Waals surface area (Å²) < 4.78 is 0. The fraction of sp³-hybridized carbons (Fsp3) is 0.857. The first kappa shape index (κ1) is 15.8. The monoisotopic (exact) mass is 268 g/mol. The number of aliphatic imine (C=N–C) groups is 1. The minimum absolute atomic E-state index is 0.106. The van der Waals surface area contributed by atoms with E-state index in [2.05, 4.69) is 29.5 Å². The van der Waals surface area contributed by atoms with E-state index in [1.165, 1.54) is 12.8 Å². The lowest BCUT2D eigenvalue weighted by molar-refractivity contribution is -0.121. The minimum Gasteiger partial charge on any atom is -0.370 e. The van der Waals surface area contributed by atoms with Gasteiger partial charge in [0, 0.05) is 25.6 Å². The highest BCUT2D eigenvalue weighted by molar-refractivity contribution is 5.80. The Morgan fingerprint density at radius 2 is 2.05 bits per heavy atom. The highest BCUT2D eigenvalue weighted by atomic mass is 16.1. The van der Waals surface area contributed by atoms with Gasteiger partial charge in [0.15, 0.2) is 5.96 Å². The number of hydrogen-bond acceptors (Lipinski definition) is 2. The number of hydrogen-bond donors (Lipinski definition) is 3. The summed E-state index contributed by atoms with van der Waals surface area (Å²) in [6.07, 6.45) is 6.20. The van der Waals surface area contributed by atoms with Crippen LogP contribution in [-0.4, -0.2) is 31.0 Å². The molecule has 1 aliphatic carbocycles. The molecule has 0 aromatic carbocycles. The molecule has 1 aliphatic rings. The van der Waals surface area contributed by atoms with Gasteiger partial charge in [0.2, 0.25) is 5.91 Å². The Morgan fingerprint density at radius 3 is 2.68 bits per heavy atom. The van der Waals surface area contributed by atoms with Crippen LogP contribution in [-0.2, 0) is 4.79 Å². The molecule has 0 heterocycles. The molecule has 0 spiro atoms. The van der Waals surface area contributed by atoms with Crippen LogP contribution in [0.15, 0.2) is 4.99 Å². The number of carbonyl (C=O) groups is 1. The molecule has 19 heavy (non-hydrogen) atoms. The summed E-state index contributed by atoms with van der Waals surface area (Å²) in [4.78, 5) is 15.9. The molecule has 0 unspecified atom stereocenters. The third-order valence-corrected chi connectivity index (χ3v) is 3.37. The molecule has 5 heteroatoms. The number of guanidine groups is 1. The van der Waals surface area contributed by atoms with E-state index in [1.807, 2.05) is 0 Å². The van der Waals surface area contributed by atoms with Crippen molar-refractivity contribution in [1.82, 2.24) is 10.6 Å². The Hall–Kier alpha value is -1.26. The number of amides is 1. The number of nitrogens with zero attached hydrogens (tertiary/aromatic N) is 1. The largest absolute Gasteiger partial charge is 0.370 e. The standard InChI is InChI=1S/C14H28N4O/c1-11(2)7-9-16-14(15)17-10-8-13(19)18-12-5-3-4-6-12/h11-12H,3-10H2,1-2H3,(H,18,19)(H3,15,16,17). The lowest BCUT2D eigenvalue weighted by atomic mass is 10.1. The van der Waals surface area contributed by atoms with E-state index in [0.29, 0.717) is 30.9 Å². The molecule has 1 saturated carbocycles. The second-order valence-corrected chi connectivity index (χ2v) is 5.68. The van der Waals surface area contributed by atoms with Crippen molar-refractivity contribution < 1.29 is 4.79 Å². The third-order valence-electron chi connectivity index (χ3n) is 3.37. The summed E-state index contributed by atoms with van der Waals surface area (Å²) in [5, 5.41) is 6.03. The molecule has 0 bridgehead atoms. The van der Waals surface area contributed by atoms with Crippen molar-refractivity contribution in [2.24, 2.45) is 16.6 Å². The number of carbonyl (C=O) groups excluding carboxylic acids is 1. The Bertz CT molecular complexity index is 296. The summed E-state index contributed by atoms with van der Waals surface area (Å²) in [6, 6.07) is 0.393. The average Bonchev–Trinajstić information content (AvgIpc) is 2.81. The fourth-order valence-corrected chi connectivity index (χ4v) is 2.17. The van der Waals surface area contributed by atoms with Gasteiger partial charge >= 0.3 is 0 Å². The first-order chi connectivity index (χ1) is 9.08. The van der Waals surface area contributed by atoms with E-state index >= 15 is 0 Å². The second-order valence-electron chi connectivity index (χ2n) is 5.68. The van der Waals surface area contributed by atoms with E-state index in [4.69, 9.17) is 5.73 Å². The van der Waals surface area contributed by atoms with Crippen molar-refractivity contribution >= 4 is 11.9 Å². The van der Waals surface area contributed by atoms with Crippen LogP contribution in [0.4, 0.5) is 0 Å². The topological polar surface area (TPSA) is 79.5 Å². The van der Waals surface area contributed by atoms with Gasteiger partial charge in [-0.1, -0.05) is 26.7 Å². The molecule has 110 valence electrons. The summed E-state index contributed by atoms with van der Waals surface area (Å²) in [5.74, 6) is 1.18. The molecule has 0 aromatic rings. The lowest BCUT2D eigenvalue weighted by Crippen LogP contribution is -2.37. The molecule has 0 atom stereocenters. The normalized spacial score (nSPS) is 16.9. The highest BCUT2D eigenvalue weighted by Gasteiger charge is 2.16. The van der Waals surface area contributed by atoms with Crippen LogP contribution >= 0.6 is 0 Å². The molecule has 0 saturated heterocycles. The Morgan fingerprint density at radius 1 is 1.37 bits per heavy atom. The predicted molar refractivity (Wildman–Crippen MR) is 79.0 cm³/mol. The Kier molecular flexibility index (Phi) is 7.30. The average molecular weight is 268 g/mol. The molecule has 0 aliphatic heterocycles. The van der Waals surface area contributed by atoms with E-state index in [9.17, 15) is 4.79 Å². The molecular formula is C14H28N4O. The van der Waals surface area contributed by atoms with Gasteiger partial charge in [0.1, 0.15) is 0 Å². The quantitative estimate of drug-likeness (QED) is 0.482. The first-order valence-corrected chi connectivity index (χ1v) is 7.41. The summed E-state index contributed by atoms with van der Waals surface area (Å²) >= 11 is 0. The molecule has 4 N–H and O–H groups in total. The van der Waals surface area contributed by atoms with Crippen molar-refractivity contribution in [2.45, 2.75) is 58.4 Å². The van der Waals surface area contributed by atoms with Crippen LogP contribution in [0.1, 0.15) is 52.4 Å². The SMILES string of the molecule is CC(C)CCN=C(N)NCCC(=O)NC1CCCC1. The van der Waals surface area contributed by atoms with Gasteiger partial charge in [0.05, 0.1) is 0 Å². The predicted octanol–water partition coefficient (Wildman–Crippen LogP) is 1.39. The molecule has 0 radical (unpaired) electrons. The first-order valence-electron chi connectivity index (χ1n) is 7.41. The molecular weight excluding hydrogens is 240 g/mol. The minimum atomic E-state index is 0.106. The van der Waals surface area contributed by atoms with Crippen LogP contribution in [0.2, 0.25) is 0 Å². The van der Waals surface area contributed by atoms with Crippen molar-refractivity contribution in [3.05, 3.63) is 0 Å². The summed E-state index contributed by atoms with van der Waals surface area (Å²) in [7, 11) is 0. The van der Waals surface area contributed by atoms with E-state index < -0.39 is 0 Å². The Balaban J connectivity index is 2.06. The lowest BCUT2D eigenvalue weighted by Gasteiger charge is -2.12. The zero-order chi connectivity index (χ0) is 14.1. The summed E-state index contributed by atoms with van der Waals surface area (Å²) in [6.45, 7) is 5.61. The van der Waals surface area contributed by atoms with Crippen LogP contribution < -0.4 is 16.4 Å². The van der Waals surface area contributed by atoms with Gasteiger partial charge in [-0.2, -0.15) is 0 Å². The van der Waals surface area contributed by atoms with Gasteiger partial charge < -0.3 is 16.4 Å². The van der Waals surface area contributed by atoms with Crippen LogP contribution in [0, 0.1) is 5.92 Å². The molecule has 0 aromatic heterocycles. The van der Waals surface area contributed by atoms with Crippen molar-refractivity contribution in [3.63, 3.8) is 0 Å². The third kappa shape index (κ3) is 7.70. The zero-order valence-electron chi connectivity index (χ0n) is 12.2. The van der Waals surface area contributed by atoms with Gasteiger partial charge in [-0.15, -0.1) is 0 Å². The highest BCUT2D eigenvalue weighted by Crippen LogP contribution is 2.17. The van der Waals surface area contributed by atoms with Crippen molar-refractivity contribution in [1.29, 1.82) is 0 Å². The molecule has 1 amide bonds. The van der Waals surface area contributed by atoms with E-state index in [0.717, 1.165) is 25.8 Å². The second kappa shape index (κ2) is 8.77. The maximum atomic E-state index is 11.7. The van der Waals surface area contributed by atoms with E-state index in [1.54, 1.807) is 0 Å². The maximum absolute atomic E-state index is 11.7. The van der Waals surface area contributed by atoms with Gasteiger partial charge in [-0.05, 0) is 25.2 Å². The fourth-order valence-electron chi connectivity index (χ4n) is 2.17. The zero-order valence-corrected chi connectivity index (χ0v) is 12.2. The van der Waals surface area contributed by atoms with Crippen molar-refractivity contribution in [3.8, 4) is 0 Å². The van der Waals surface area contributed by atoms with Gasteiger partial charge in [-0.25, -0.2) is 0 Å². The van der Waals surface area contributed by atoms with E-state index in [-0.39, 0.29) is 5.91 Å². The number of nitrogens with two attached hydrogens (primary N) is 1. The Labute approximate surface area is 116 Å². The van der Waals surface area contributed by atoms with Gasteiger partial charge in [-0.3, -0.25) is 9.79 Å². The van der Waals surface area contributed by atoms with Crippen LogP contribution in [0.3, 0.4) is 0 Å². The maximum Gasteiger partial charge on any atom is 0.221 e. The number of rotatable bonds is 7. The molecule has 1 fully saturated rings. The molecule has 1 rings (SSSR count). The molecule has 5 nitrogen and oxygen atoms in total.